The predicted octanol–water partition coefficient (Wildman–Crippen LogP) is 3.84. The minimum atomic E-state index is -0.487. The number of hydrogen-bond donors (Lipinski definition) is 0. The lowest BCUT2D eigenvalue weighted by molar-refractivity contribution is -0.263. The van der Waals surface area contributed by atoms with Gasteiger partial charge in [-0.15, -0.1) is 0 Å². The molecule has 0 amide bonds. The molecule has 3 nitrogen and oxygen atoms in total. The Morgan fingerprint density at radius 1 is 1.08 bits per heavy atom. The molecule has 1 heterocycles. The Bertz CT molecular complexity index is 929. The third kappa shape index (κ3) is 3.10. The normalized spacial score (nSPS) is 12.2. The van der Waals surface area contributed by atoms with Crippen LogP contribution in [0.5, 0.6) is 5.06 Å². The summed E-state index contributed by atoms with van der Waals surface area (Å²) in [7, 11) is 0. The Kier molecular flexibility index (Phi) is 4.76. The molecule has 0 fully saturated rings. The van der Waals surface area contributed by atoms with Crippen LogP contribution in [0.3, 0.4) is 0 Å². The largest absolute Gasteiger partial charge is 0.865 e. The second-order valence-electron chi connectivity index (χ2n) is 5.69. The van der Waals surface area contributed by atoms with Crippen molar-refractivity contribution >= 4 is 27.2 Å². The van der Waals surface area contributed by atoms with Gasteiger partial charge in [0.25, 0.3) is 0 Å². The number of rotatable bonds is 5. The van der Waals surface area contributed by atoms with Crippen LogP contribution in [0.4, 0.5) is 0 Å². The predicted molar refractivity (Wildman–Crippen MR) is 95.7 cm³/mol. The fourth-order valence-electron chi connectivity index (χ4n) is 2.88. The maximum atomic E-state index is 12.9. The minimum absolute atomic E-state index is 0.0424. The van der Waals surface area contributed by atoms with Crippen molar-refractivity contribution in [3.63, 3.8) is 0 Å². The highest BCUT2D eigenvalue weighted by Crippen LogP contribution is 2.35. The van der Waals surface area contributed by atoms with Gasteiger partial charge in [-0.1, -0.05) is 49.4 Å². The highest BCUT2D eigenvalue weighted by atomic mass is 32.1. The van der Waals surface area contributed by atoms with Gasteiger partial charge in [-0.05, 0) is 22.8 Å². The molecule has 0 aliphatic carbocycles. The smallest absolute Gasteiger partial charge is 0.191 e. The monoisotopic (exact) mass is 337 g/mol. The SMILES string of the molecule is CCC(=O)CC(c1ccccc1)c1c([O-])sc2ccccc2c1=O. The van der Waals surface area contributed by atoms with Crippen LogP contribution in [0.1, 0.15) is 36.8 Å². The first-order valence-electron chi connectivity index (χ1n) is 7.91. The molecular formula is C20H17O3S-. The van der Waals surface area contributed by atoms with Crippen LogP contribution >= 0.6 is 11.3 Å². The number of hydrogen-bond acceptors (Lipinski definition) is 4. The molecule has 24 heavy (non-hydrogen) atoms. The Balaban J connectivity index is 2.23. The van der Waals surface area contributed by atoms with Gasteiger partial charge in [0.2, 0.25) is 0 Å². The maximum absolute atomic E-state index is 12.9. The Hall–Kier alpha value is -2.46. The Morgan fingerprint density at radius 3 is 2.46 bits per heavy atom. The van der Waals surface area contributed by atoms with Crippen LogP contribution in [0.15, 0.2) is 59.4 Å². The Labute approximate surface area is 144 Å². The van der Waals surface area contributed by atoms with Crippen LogP contribution < -0.4 is 10.5 Å². The lowest BCUT2D eigenvalue weighted by atomic mass is 9.87. The first-order chi connectivity index (χ1) is 11.6. The number of fused-ring (bicyclic) bond motifs is 1. The molecule has 0 aliphatic heterocycles. The number of benzene rings is 2. The minimum Gasteiger partial charge on any atom is -0.865 e. The molecule has 0 saturated carbocycles. The van der Waals surface area contributed by atoms with Crippen LogP contribution in [0, 0.1) is 0 Å². The second-order valence-corrected chi connectivity index (χ2v) is 6.70. The molecule has 0 saturated heterocycles. The highest BCUT2D eigenvalue weighted by Gasteiger charge is 2.22. The fourth-order valence-corrected chi connectivity index (χ4v) is 3.84. The van der Waals surface area contributed by atoms with Crippen molar-refractivity contribution in [2.75, 3.05) is 0 Å². The zero-order valence-corrected chi connectivity index (χ0v) is 14.1. The highest BCUT2D eigenvalue weighted by molar-refractivity contribution is 7.20. The number of carbonyl (C=O) groups is 1. The first kappa shape index (κ1) is 16.4. The van der Waals surface area contributed by atoms with E-state index in [-0.39, 0.29) is 28.3 Å². The number of ketones is 1. The molecule has 0 aliphatic rings. The van der Waals surface area contributed by atoms with Crippen LogP contribution in [0.2, 0.25) is 0 Å². The van der Waals surface area contributed by atoms with Gasteiger partial charge < -0.3 is 5.11 Å². The number of Topliss-reactive ketones (excluding diaryl/α,β-unsaturated/α-hetero) is 1. The topological polar surface area (TPSA) is 57.2 Å². The summed E-state index contributed by atoms with van der Waals surface area (Å²) in [6, 6.07) is 16.4. The van der Waals surface area contributed by atoms with Crippen molar-refractivity contribution in [1.29, 1.82) is 0 Å². The summed E-state index contributed by atoms with van der Waals surface area (Å²) >= 11 is 1.07. The summed E-state index contributed by atoms with van der Waals surface area (Å²) in [5.74, 6) is -0.444. The summed E-state index contributed by atoms with van der Waals surface area (Å²) < 4.78 is 0.685. The third-order valence-corrected chi connectivity index (χ3v) is 5.16. The molecule has 3 aromatic rings. The lowest BCUT2D eigenvalue weighted by Gasteiger charge is -2.22. The van der Waals surface area contributed by atoms with Crippen LogP contribution in [-0.2, 0) is 4.79 Å². The van der Waals surface area contributed by atoms with Crippen molar-refractivity contribution in [3.8, 4) is 5.06 Å². The molecular weight excluding hydrogens is 320 g/mol. The second kappa shape index (κ2) is 6.97. The molecule has 0 bridgehead atoms. The molecule has 0 N–H and O–H groups in total. The van der Waals surface area contributed by atoms with E-state index in [1.54, 1.807) is 25.1 Å². The van der Waals surface area contributed by atoms with E-state index >= 15 is 0 Å². The van der Waals surface area contributed by atoms with E-state index in [9.17, 15) is 14.7 Å². The standard InChI is InChI=1S/C20H18O3S/c1-2-14(21)12-16(13-8-4-3-5-9-13)18-19(22)15-10-6-7-11-17(15)24-20(18)23/h3-11,16,23H,2,12H2,1H3/p-1. The maximum Gasteiger partial charge on any atom is 0.191 e. The molecule has 2 aromatic carbocycles. The summed E-state index contributed by atoms with van der Waals surface area (Å²) in [6.45, 7) is 1.80. The van der Waals surface area contributed by atoms with Crippen molar-refractivity contribution in [3.05, 3.63) is 75.9 Å². The average molecular weight is 337 g/mol. The van der Waals surface area contributed by atoms with Gasteiger partial charge in [0.15, 0.2) is 5.43 Å². The molecule has 1 unspecified atom stereocenters. The van der Waals surface area contributed by atoms with E-state index in [2.05, 4.69) is 0 Å². The van der Waals surface area contributed by atoms with Gasteiger partial charge in [0.05, 0.1) is 0 Å². The summed E-state index contributed by atoms with van der Waals surface area (Å²) in [5.41, 5.74) is 0.787. The molecule has 1 aromatic heterocycles. The van der Waals surface area contributed by atoms with Gasteiger partial charge in [0.1, 0.15) is 5.78 Å². The fraction of sp³-hybridized carbons (Fsp3) is 0.200. The molecule has 0 spiro atoms. The first-order valence-corrected chi connectivity index (χ1v) is 8.72. The van der Waals surface area contributed by atoms with E-state index in [0.717, 1.165) is 16.9 Å². The quantitative estimate of drug-likeness (QED) is 0.711. The lowest BCUT2D eigenvalue weighted by Crippen LogP contribution is -2.19. The van der Waals surface area contributed by atoms with Crippen molar-refractivity contribution in [2.24, 2.45) is 0 Å². The molecule has 122 valence electrons. The summed E-state index contributed by atoms with van der Waals surface area (Å²) in [6.07, 6.45) is 0.568. The molecule has 0 radical (unpaired) electrons. The molecule has 1 atom stereocenters. The van der Waals surface area contributed by atoms with Gasteiger partial charge in [-0.2, -0.15) is 11.3 Å². The average Bonchev–Trinajstić information content (AvgIpc) is 2.61. The van der Waals surface area contributed by atoms with Gasteiger partial charge >= 0.3 is 0 Å². The summed E-state index contributed by atoms with van der Waals surface area (Å²) in [4.78, 5) is 25.0. The van der Waals surface area contributed by atoms with Crippen molar-refractivity contribution in [2.45, 2.75) is 25.7 Å². The van der Waals surface area contributed by atoms with Crippen LogP contribution in [-0.4, -0.2) is 5.78 Å². The van der Waals surface area contributed by atoms with E-state index in [1.807, 2.05) is 36.4 Å². The number of carbonyl (C=O) groups excluding carboxylic acids is 1. The van der Waals surface area contributed by atoms with E-state index in [1.165, 1.54) is 0 Å². The molecule has 4 heteroatoms. The van der Waals surface area contributed by atoms with Gasteiger partial charge in [-0.25, -0.2) is 0 Å². The third-order valence-electron chi connectivity index (χ3n) is 4.18. The van der Waals surface area contributed by atoms with E-state index < -0.39 is 5.92 Å². The van der Waals surface area contributed by atoms with Crippen molar-refractivity contribution in [1.82, 2.24) is 0 Å². The van der Waals surface area contributed by atoms with Crippen molar-refractivity contribution < 1.29 is 9.90 Å². The van der Waals surface area contributed by atoms with E-state index in [0.29, 0.717) is 16.5 Å². The van der Waals surface area contributed by atoms with Gasteiger partial charge in [-0.3, -0.25) is 9.59 Å². The summed E-state index contributed by atoms with van der Waals surface area (Å²) in [5, 5.41) is 12.9. The van der Waals surface area contributed by atoms with Crippen LogP contribution in [0.25, 0.3) is 10.1 Å². The Morgan fingerprint density at radius 2 is 1.75 bits per heavy atom. The van der Waals surface area contributed by atoms with E-state index in [4.69, 9.17) is 0 Å². The zero-order valence-electron chi connectivity index (χ0n) is 13.3. The zero-order chi connectivity index (χ0) is 17.1. The van der Waals surface area contributed by atoms with Gasteiger partial charge in [0, 0.05) is 34.4 Å². The molecule has 3 rings (SSSR count).